The molecule has 0 unspecified atom stereocenters. The van der Waals surface area contributed by atoms with Crippen molar-refractivity contribution in [3.8, 4) is 0 Å². The second kappa shape index (κ2) is 8.78. The predicted octanol–water partition coefficient (Wildman–Crippen LogP) is 4.48. The Bertz CT molecular complexity index is 1120. The van der Waals surface area contributed by atoms with Gasteiger partial charge in [0.15, 0.2) is 0 Å². The van der Waals surface area contributed by atoms with Crippen LogP contribution in [-0.2, 0) is 13.1 Å². The largest absolute Gasteiger partial charge is 0.337 e. The van der Waals surface area contributed by atoms with E-state index in [-0.39, 0.29) is 24.3 Å². The molecule has 0 fully saturated rings. The number of amides is 3. The van der Waals surface area contributed by atoms with E-state index in [4.69, 9.17) is 0 Å². The van der Waals surface area contributed by atoms with Crippen molar-refractivity contribution in [3.05, 3.63) is 101 Å². The van der Waals surface area contributed by atoms with Crippen LogP contribution in [0.25, 0.3) is 0 Å². The molecule has 0 radical (unpaired) electrons. The van der Waals surface area contributed by atoms with E-state index in [1.807, 2.05) is 36.6 Å². The topological polar surface area (TPSA) is 57.7 Å². The second-order valence-electron chi connectivity index (χ2n) is 7.45. The standard InChI is InChI=1S/C25H22N2O3S/c1-26(15-17-10-12-20(31-2)13-11-17)23(28)19-7-5-6-18(14-19)16-27-24(29)21-8-3-4-9-22(21)25(27)30/h3-14H,15-16H2,1-2H3. The summed E-state index contributed by atoms with van der Waals surface area (Å²) in [7, 11) is 1.77. The fourth-order valence-electron chi connectivity index (χ4n) is 3.67. The lowest BCUT2D eigenvalue weighted by Gasteiger charge is -2.19. The normalized spacial score (nSPS) is 12.8. The quantitative estimate of drug-likeness (QED) is 0.427. The van der Waals surface area contributed by atoms with E-state index in [1.54, 1.807) is 66.2 Å². The highest BCUT2D eigenvalue weighted by molar-refractivity contribution is 7.98. The zero-order valence-electron chi connectivity index (χ0n) is 17.4. The summed E-state index contributed by atoms with van der Waals surface area (Å²) in [4.78, 5) is 42.2. The molecule has 0 saturated heterocycles. The van der Waals surface area contributed by atoms with E-state index < -0.39 is 0 Å². The van der Waals surface area contributed by atoms with Crippen LogP contribution in [0.5, 0.6) is 0 Å². The Balaban J connectivity index is 1.47. The number of fused-ring (bicyclic) bond motifs is 1. The predicted molar refractivity (Wildman–Crippen MR) is 121 cm³/mol. The van der Waals surface area contributed by atoms with Crippen LogP contribution in [-0.4, -0.2) is 40.8 Å². The minimum atomic E-state index is -0.303. The number of hydrogen-bond donors (Lipinski definition) is 0. The molecule has 0 aliphatic carbocycles. The summed E-state index contributed by atoms with van der Waals surface area (Å²) < 4.78 is 0. The highest BCUT2D eigenvalue weighted by Crippen LogP contribution is 2.24. The minimum absolute atomic E-state index is 0.113. The molecule has 5 nitrogen and oxygen atoms in total. The number of thioether (sulfide) groups is 1. The van der Waals surface area contributed by atoms with Gasteiger partial charge in [0.25, 0.3) is 17.7 Å². The van der Waals surface area contributed by atoms with Crippen LogP contribution in [0.4, 0.5) is 0 Å². The summed E-state index contributed by atoms with van der Waals surface area (Å²) >= 11 is 1.68. The van der Waals surface area contributed by atoms with Crippen LogP contribution in [0.3, 0.4) is 0 Å². The first-order valence-electron chi connectivity index (χ1n) is 9.90. The van der Waals surface area contributed by atoms with Gasteiger partial charge in [-0.2, -0.15) is 0 Å². The van der Waals surface area contributed by atoms with Gasteiger partial charge in [-0.25, -0.2) is 0 Å². The zero-order chi connectivity index (χ0) is 22.0. The molecule has 3 aromatic rings. The van der Waals surface area contributed by atoms with Crippen LogP contribution in [0.1, 0.15) is 42.2 Å². The minimum Gasteiger partial charge on any atom is -0.337 e. The molecule has 0 atom stereocenters. The Hall–Kier alpha value is -3.38. The molecule has 6 heteroatoms. The van der Waals surface area contributed by atoms with Crippen LogP contribution in [0.2, 0.25) is 0 Å². The van der Waals surface area contributed by atoms with Crippen molar-refractivity contribution in [1.29, 1.82) is 0 Å². The third-order valence-corrected chi connectivity index (χ3v) is 6.06. The van der Waals surface area contributed by atoms with Crippen molar-refractivity contribution in [1.82, 2.24) is 9.80 Å². The molecular formula is C25H22N2O3S. The van der Waals surface area contributed by atoms with Gasteiger partial charge in [0.1, 0.15) is 0 Å². The molecule has 4 rings (SSSR count). The average molecular weight is 431 g/mol. The lowest BCUT2D eigenvalue weighted by atomic mass is 10.1. The molecule has 1 aliphatic rings. The van der Waals surface area contributed by atoms with Crippen molar-refractivity contribution in [3.63, 3.8) is 0 Å². The Labute approximate surface area is 185 Å². The van der Waals surface area contributed by atoms with Gasteiger partial charge in [-0.1, -0.05) is 36.4 Å². The molecular weight excluding hydrogens is 408 g/mol. The van der Waals surface area contributed by atoms with Gasteiger partial charge >= 0.3 is 0 Å². The maximum absolute atomic E-state index is 12.9. The molecule has 0 N–H and O–H groups in total. The summed E-state index contributed by atoms with van der Waals surface area (Å²) in [6, 6.07) is 22.1. The van der Waals surface area contributed by atoms with E-state index >= 15 is 0 Å². The van der Waals surface area contributed by atoms with Gasteiger partial charge in [0.2, 0.25) is 0 Å². The number of benzene rings is 3. The molecule has 0 bridgehead atoms. The van der Waals surface area contributed by atoms with E-state index in [2.05, 4.69) is 0 Å². The van der Waals surface area contributed by atoms with Crippen molar-refractivity contribution in [2.24, 2.45) is 0 Å². The van der Waals surface area contributed by atoms with Gasteiger partial charge in [-0.15, -0.1) is 11.8 Å². The molecule has 1 heterocycles. The van der Waals surface area contributed by atoms with Crippen LogP contribution in [0.15, 0.2) is 77.7 Å². The highest BCUT2D eigenvalue weighted by atomic mass is 32.2. The number of carbonyl (C=O) groups excluding carboxylic acids is 3. The first-order valence-corrected chi connectivity index (χ1v) is 11.1. The average Bonchev–Trinajstić information content (AvgIpc) is 3.04. The van der Waals surface area contributed by atoms with E-state index in [0.29, 0.717) is 23.2 Å². The molecule has 0 spiro atoms. The van der Waals surface area contributed by atoms with Gasteiger partial charge in [0, 0.05) is 24.1 Å². The van der Waals surface area contributed by atoms with Crippen molar-refractivity contribution < 1.29 is 14.4 Å². The van der Waals surface area contributed by atoms with Crippen molar-refractivity contribution in [2.75, 3.05) is 13.3 Å². The number of hydrogen-bond acceptors (Lipinski definition) is 4. The van der Waals surface area contributed by atoms with Gasteiger partial charge in [0.05, 0.1) is 17.7 Å². The SMILES string of the molecule is CSc1ccc(CN(C)C(=O)c2cccc(CN3C(=O)c4ccccc4C3=O)c2)cc1. The third kappa shape index (κ3) is 4.25. The summed E-state index contributed by atoms with van der Waals surface area (Å²) in [5.74, 6) is -0.718. The zero-order valence-corrected chi connectivity index (χ0v) is 18.2. The van der Waals surface area contributed by atoms with Gasteiger partial charge in [-0.3, -0.25) is 19.3 Å². The molecule has 156 valence electrons. The maximum Gasteiger partial charge on any atom is 0.261 e. The summed E-state index contributed by atoms with van der Waals surface area (Å²) in [6.07, 6.45) is 2.03. The maximum atomic E-state index is 12.9. The van der Waals surface area contributed by atoms with E-state index in [1.165, 1.54) is 9.80 Å². The molecule has 31 heavy (non-hydrogen) atoms. The van der Waals surface area contributed by atoms with Crippen molar-refractivity contribution in [2.45, 2.75) is 18.0 Å². The fourth-order valence-corrected chi connectivity index (χ4v) is 4.07. The van der Waals surface area contributed by atoms with E-state index in [0.717, 1.165) is 11.1 Å². The van der Waals surface area contributed by atoms with E-state index in [9.17, 15) is 14.4 Å². The smallest absolute Gasteiger partial charge is 0.261 e. The number of carbonyl (C=O) groups is 3. The molecule has 3 aromatic carbocycles. The van der Waals surface area contributed by atoms with Gasteiger partial charge < -0.3 is 4.90 Å². The lowest BCUT2D eigenvalue weighted by Crippen LogP contribution is -2.29. The van der Waals surface area contributed by atoms with Crippen LogP contribution in [0, 0.1) is 0 Å². The number of nitrogens with zero attached hydrogens (tertiary/aromatic N) is 2. The van der Waals surface area contributed by atoms with Gasteiger partial charge in [-0.05, 0) is 53.8 Å². The van der Waals surface area contributed by atoms with Crippen molar-refractivity contribution >= 4 is 29.5 Å². The fraction of sp³-hybridized carbons (Fsp3) is 0.160. The Kier molecular flexibility index (Phi) is 5.91. The monoisotopic (exact) mass is 430 g/mol. The Morgan fingerprint density at radius 1 is 0.871 bits per heavy atom. The molecule has 0 aromatic heterocycles. The highest BCUT2D eigenvalue weighted by Gasteiger charge is 2.35. The summed E-state index contributed by atoms with van der Waals surface area (Å²) in [5, 5.41) is 0. The molecule has 3 amide bonds. The lowest BCUT2D eigenvalue weighted by molar-refractivity contribution is 0.0642. The third-order valence-electron chi connectivity index (χ3n) is 5.32. The molecule has 1 aliphatic heterocycles. The summed E-state index contributed by atoms with van der Waals surface area (Å²) in [6.45, 7) is 0.628. The Morgan fingerprint density at radius 3 is 2.13 bits per heavy atom. The Morgan fingerprint density at radius 2 is 1.52 bits per heavy atom. The number of rotatable bonds is 6. The number of imide groups is 1. The summed E-state index contributed by atoms with van der Waals surface area (Å²) in [5.41, 5.74) is 3.16. The first-order chi connectivity index (χ1) is 15.0. The molecule has 0 saturated carbocycles. The first kappa shape index (κ1) is 20.9. The van der Waals surface area contributed by atoms with Crippen LogP contribution < -0.4 is 0 Å². The van der Waals surface area contributed by atoms with Crippen LogP contribution >= 0.6 is 11.8 Å². The second-order valence-corrected chi connectivity index (χ2v) is 8.33.